The quantitative estimate of drug-likeness (QED) is 0.665. The second-order valence-electron chi connectivity index (χ2n) is 4.73. The zero-order valence-electron chi connectivity index (χ0n) is 12.0. The van der Waals surface area contributed by atoms with Crippen LogP contribution in [0.3, 0.4) is 0 Å². The third-order valence-corrected chi connectivity index (χ3v) is 4.13. The summed E-state index contributed by atoms with van der Waals surface area (Å²) in [4.78, 5) is 0. The van der Waals surface area contributed by atoms with E-state index >= 15 is 0 Å². The lowest BCUT2D eigenvalue weighted by molar-refractivity contribution is 0.310. The van der Waals surface area contributed by atoms with Crippen LogP contribution >= 0.6 is 11.8 Å². The van der Waals surface area contributed by atoms with E-state index in [2.05, 4.69) is 12.1 Å². The third kappa shape index (κ3) is 5.93. The standard InChI is InChI=1S/C18H19NOS/c19-14-16-7-6-8-17(13-16)15-21-12-5-4-11-20-18-9-2-1-3-10-18/h1-3,6-10,13H,4-5,11-12,15H2. The highest BCUT2D eigenvalue weighted by atomic mass is 32.2. The van der Waals surface area contributed by atoms with E-state index in [4.69, 9.17) is 10.00 Å². The van der Waals surface area contributed by atoms with Crippen molar-refractivity contribution in [2.45, 2.75) is 18.6 Å². The van der Waals surface area contributed by atoms with Gasteiger partial charge < -0.3 is 4.74 Å². The van der Waals surface area contributed by atoms with Crippen LogP contribution in [0.2, 0.25) is 0 Å². The number of unbranched alkanes of at least 4 members (excludes halogenated alkanes) is 1. The van der Waals surface area contributed by atoms with Crippen LogP contribution < -0.4 is 4.74 Å². The molecule has 2 nitrogen and oxygen atoms in total. The molecule has 2 rings (SSSR count). The van der Waals surface area contributed by atoms with Crippen LogP contribution in [0.5, 0.6) is 5.75 Å². The second-order valence-corrected chi connectivity index (χ2v) is 5.84. The van der Waals surface area contributed by atoms with E-state index in [1.54, 1.807) is 0 Å². The van der Waals surface area contributed by atoms with Crippen molar-refractivity contribution in [1.82, 2.24) is 0 Å². The predicted molar refractivity (Wildman–Crippen MR) is 88.5 cm³/mol. The maximum absolute atomic E-state index is 8.85. The largest absolute Gasteiger partial charge is 0.494 e. The van der Waals surface area contributed by atoms with Crippen molar-refractivity contribution in [3.05, 3.63) is 65.7 Å². The van der Waals surface area contributed by atoms with Gasteiger partial charge in [-0.3, -0.25) is 0 Å². The van der Waals surface area contributed by atoms with E-state index < -0.39 is 0 Å². The fourth-order valence-electron chi connectivity index (χ4n) is 1.93. The molecule has 21 heavy (non-hydrogen) atoms. The normalized spacial score (nSPS) is 10.0. The third-order valence-electron chi connectivity index (χ3n) is 3.02. The van der Waals surface area contributed by atoms with Gasteiger partial charge in [0.15, 0.2) is 0 Å². The maximum Gasteiger partial charge on any atom is 0.119 e. The van der Waals surface area contributed by atoms with Crippen LogP contribution in [0.15, 0.2) is 54.6 Å². The second kappa shape index (κ2) is 9.10. The molecule has 0 spiro atoms. The lowest BCUT2D eigenvalue weighted by atomic mass is 10.2. The number of benzene rings is 2. The van der Waals surface area contributed by atoms with Crippen LogP contribution in [0.4, 0.5) is 0 Å². The van der Waals surface area contributed by atoms with Crippen molar-refractivity contribution >= 4 is 11.8 Å². The predicted octanol–water partition coefficient (Wildman–Crippen LogP) is 4.65. The summed E-state index contributed by atoms with van der Waals surface area (Å²) in [5.41, 5.74) is 1.96. The molecule has 0 unspecified atom stereocenters. The number of ether oxygens (including phenoxy) is 1. The van der Waals surface area contributed by atoms with Crippen molar-refractivity contribution < 1.29 is 4.74 Å². The lowest BCUT2D eigenvalue weighted by Gasteiger charge is -2.06. The molecule has 3 heteroatoms. The highest BCUT2D eigenvalue weighted by Crippen LogP contribution is 2.15. The molecule has 0 aliphatic carbocycles. The van der Waals surface area contributed by atoms with Gasteiger partial charge in [-0.25, -0.2) is 0 Å². The Hall–Kier alpha value is -1.92. The molecular formula is C18H19NOS. The Morgan fingerprint density at radius 2 is 1.86 bits per heavy atom. The van der Waals surface area contributed by atoms with Gasteiger partial charge in [-0.05, 0) is 48.4 Å². The van der Waals surface area contributed by atoms with Gasteiger partial charge in [0.2, 0.25) is 0 Å². The Kier molecular flexibility index (Phi) is 6.70. The van der Waals surface area contributed by atoms with Gasteiger partial charge in [-0.1, -0.05) is 30.3 Å². The molecule has 0 heterocycles. The average molecular weight is 297 g/mol. The molecule has 2 aromatic rings. The van der Waals surface area contributed by atoms with E-state index in [9.17, 15) is 0 Å². The highest BCUT2D eigenvalue weighted by molar-refractivity contribution is 7.98. The van der Waals surface area contributed by atoms with Crippen LogP contribution in [-0.4, -0.2) is 12.4 Å². The van der Waals surface area contributed by atoms with Gasteiger partial charge in [0.25, 0.3) is 0 Å². The smallest absolute Gasteiger partial charge is 0.119 e. The zero-order chi connectivity index (χ0) is 14.8. The molecule has 0 bridgehead atoms. The Morgan fingerprint density at radius 3 is 2.67 bits per heavy atom. The molecular weight excluding hydrogens is 278 g/mol. The first-order valence-electron chi connectivity index (χ1n) is 7.13. The Balaban J connectivity index is 1.55. The maximum atomic E-state index is 8.85. The molecule has 0 radical (unpaired) electrons. The average Bonchev–Trinajstić information content (AvgIpc) is 2.55. The minimum Gasteiger partial charge on any atom is -0.494 e. The molecule has 0 aromatic heterocycles. The van der Waals surface area contributed by atoms with E-state index in [0.717, 1.165) is 42.3 Å². The fraction of sp³-hybridized carbons (Fsp3) is 0.278. The topological polar surface area (TPSA) is 33.0 Å². The Labute approximate surface area is 130 Å². The summed E-state index contributed by atoms with van der Waals surface area (Å²) < 4.78 is 5.66. The van der Waals surface area contributed by atoms with Crippen LogP contribution in [0.25, 0.3) is 0 Å². The first-order chi connectivity index (χ1) is 10.4. The van der Waals surface area contributed by atoms with Crippen molar-refractivity contribution in [1.29, 1.82) is 5.26 Å². The van der Waals surface area contributed by atoms with Gasteiger partial charge >= 0.3 is 0 Å². The molecule has 0 amide bonds. The summed E-state index contributed by atoms with van der Waals surface area (Å²) in [6.45, 7) is 0.772. The van der Waals surface area contributed by atoms with Gasteiger partial charge in [0.1, 0.15) is 5.75 Å². The van der Waals surface area contributed by atoms with Gasteiger partial charge in [0, 0.05) is 5.75 Å². The van der Waals surface area contributed by atoms with Crippen molar-refractivity contribution in [3.63, 3.8) is 0 Å². The number of thioether (sulfide) groups is 1. The van der Waals surface area contributed by atoms with Crippen molar-refractivity contribution in [3.8, 4) is 11.8 Å². The monoisotopic (exact) mass is 297 g/mol. The molecule has 0 aliphatic rings. The summed E-state index contributed by atoms with van der Waals surface area (Å²) >= 11 is 1.91. The zero-order valence-corrected chi connectivity index (χ0v) is 12.8. The lowest BCUT2D eigenvalue weighted by Crippen LogP contribution is -1.97. The molecule has 108 valence electrons. The molecule has 0 atom stereocenters. The Morgan fingerprint density at radius 1 is 1.00 bits per heavy atom. The number of nitrogens with zero attached hydrogens (tertiary/aromatic N) is 1. The SMILES string of the molecule is N#Cc1cccc(CSCCCCOc2ccccc2)c1. The highest BCUT2D eigenvalue weighted by Gasteiger charge is 1.97. The number of para-hydroxylation sites is 1. The minimum absolute atomic E-state index is 0.740. The van der Waals surface area contributed by atoms with Gasteiger partial charge in [-0.2, -0.15) is 17.0 Å². The number of rotatable bonds is 8. The summed E-state index contributed by atoms with van der Waals surface area (Å²) in [6, 6.07) is 19.9. The van der Waals surface area contributed by atoms with Crippen molar-refractivity contribution in [2.75, 3.05) is 12.4 Å². The first kappa shape index (κ1) is 15.5. The number of hydrogen-bond acceptors (Lipinski definition) is 3. The summed E-state index contributed by atoms with van der Waals surface area (Å²) in [5.74, 6) is 3.03. The van der Waals surface area contributed by atoms with E-state index in [-0.39, 0.29) is 0 Å². The summed E-state index contributed by atoms with van der Waals surface area (Å²) in [6.07, 6.45) is 2.22. The molecule has 0 saturated heterocycles. The van der Waals surface area contributed by atoms with E-state index in [1.165, 1.54) is 5.56 Å². The van der Waals surface area contributed by atoms with Gasteiger partial charge in [-0.15, -0.1) is 0 Å². The van der Waals surface area contributed by atoms with Gasteiger partial charge in [0.05, 0.1) is 18.2 Å². The summed E-state index contributed by atoms with van der Waals surface area (Å²) in [5, 5.41) is 8.85. The molecule has 0 aliphatic heterocycles. The van der Waals surface area contributed by atoms with Crippen molar-refractivity contribution in [2.24, 2.45) is 0 Å². The molecule has 0 N–H and O–H groups in total. The number of nitriles is 1. The number of hydrogen-bond donors (Lipinski definition) is 0. The van der Waals surface area contributed by atoms with Crippen LogP contribution in [0, 0.1) is 11.3 Å². The fourth-order valence-corrected chi connectivity index (χ4v) is 2.90. The Bertz CT molecular complexity index is 577. The van der Waals surface area contributed by atoms with Crippen LogP contribution in [0.1, 0.15) is 24.0 Å². The summed E-state index contributed by atoms with van der Waals surface area (Å²) in [7, 11) is 0. The first-order valence-corrected chi connectivity index (χ1v) is 8.28. The molecule has 0 saturated carbocycles. The van der Waals surface area contributed by atoms with Crippen LogP contribution in [-0.2, 0) is 5.75 Å². The molecule has 2 aromatic carbocycles. The van der Waals surface area contributed by atoms with E-state index in [1.807, 2.05) is 60.3 Å². The van der Waals surface area contributed by atoms with E-state index in [0.29, 0.717) is 0 Å². The molecule has 0 fully saturated rings. The minimum atomic E-state index is 0.740.